The minimum absolute atomic E-state index is 0.129. The molecule has 4 rings (SSSR count). The highest BCUT2D eigenvalue weighted by Gasteiger charge is 2.31. The zero-order chi connectivity index (χ0) is 33.3. The average molecular weight is 679 g/mol. The van der Waals surface area contributed by atoms with E-state index in [4.69, 9.17) is 9.47 Å². The molecule has 1 aliphatic heterocycles. The number of benzene rings is 1. The number of anilines is 1. The van der Waals surface area contributed by atoms with Gasteiger partial charge in [0.05, 0.1) is 30.4 Å². The first-order valence-corrected chi connectivity index (χ1v) is 18.8. The minimum Gasteiger partial charge on any atom is -0.490 e. The number of nitrogens with zero attached hydrogens (tertiary/aromatic N) is 2. The smallest absolute Gasteiger partial charge is 0.317 e. The Morgan fingerprint density at radius 1 is 1.13 bits per heavy atom. The highest BCUT2D eigenvalue weighted by atomic mass is 32.2. The quantitative estimate of drug-likeness (QED) is 0.344. The third-order valence-corrected chi connectivity index (χ3v) is 11.6. The molecule has 2 heterocycles. The van der Waals surface area contributed by atoms with E-state index in [1.165, 1.54) is 18.6 Å². The van der Waals surface area contributed by atoms with Crippen molar-refractivity contribution in [3.8, 4) is 5.75 Å². The van der Waals surface area contributed by atoms with Crippen molar-refractivity contribution in [2.75, 3.05) is 38.1 Å². The summed E-state index contributed by atoms with van der Waals surface area (Å²) in [6, 6.07) is 7.41. The molecule has 1 aromatic heterocycles. The van der Waals surface area contributed by atoms with Crippen LogP contribution in [0.15, 0.2) is 39.9 Å². The molecule has 13 heteroatoms. The highest BCUT2D eigenvalue weighted by Crippen LogP contribution is 2.30. The number of hydrogen-bond donors (Lipinski definition) is 3. The summed E-state index contributed by atoms with van der Waals surface area (Å²) in [5.74, 6) is -0.245. The van der Waals surface area contributed by atoms with Crippen molar-refractivity contribution >= 4 is 39.0 Å². The fourth-order valence-electron chi connectivity index (χ4n) is 5.96. The van der Waals surface area contributed by atoms with Gasteiger partial charge in [0.1, 0.15) is 9.96 Å². The number of carbonyl (C=O) groups is 2. The summed E-state index contributed by atoms with van der Waals surface area (Å²) in [5, 5.41) is 15.0. The molecule has 1 saturated carbocycles. The van der Waals surface area contributed by atoms with Crippen molar-refractivity contribution in [3.05, 3.63) is 41.3 Å². The van der Waals surface area contributed by atoms with Crippen LogP contribution in [0, 0.1) is 5.92 Å². The number of aliphatic hydroxyl groups is 1. The van der Waals surface area contributed by atoms with Gasteiger partial charge in [-0.15, -0.1) is 11.3 Å². The molecule has 0 bridgehead atoms. The van der Waals surface area contributed by atoms with Crippen LogP contribution in [0.1, 0.15) is 82.5 Å². The molecule has 0 unspecified atom stereocenters. The van der Waals surface area contributed by atoms with E-state index >= 15 is 0 Å². The largest absolute Gasteiger partial charge is 0.490 e. The van der Waals surface area contributed by atoms with Crippen LogP contribution in [0.3, 0.4) is 0 Å². The van der Waals surface area contributed by atoms with E-state index in [1.807, 2.05) is 13.8 Å². The lowest BCUT2D eigenvalue weighted by Gasteiger charge is -2.36. The Morgan fingerprint density at radius 3 is 2.57 bits per heavy atom. The van der Waals surface area contributed by atoms with E-state index in [-0.39, 0.29) is 58.8 Å². The lowest BCUT2D eigenvalue weighted by Crippen LogP contribution is -2.50. The topological polar surface area (TPSA) is 138 Å². The van der Waals surface area contributed by atoms with Crippen molar-refractivity contribution in [2.45, 2.75) is 101 Å². The predicted molar refractivity (Wildman–Crippen MR) is 180 cm³/mol. The number of rotatable bonds is 8. The zero-order valence-electron chi connectivity index (χ0n) is 27.4. The van der Waals surface area contributed by atoms with Gasteiger partial charge in [0, 0.05) is 44.4 Å². The Labute approximate surface area is 277 Å². The second-order valence-corrected chi connectivity index (χ2v) is 15.6. The van der Waals surface area contributed by atoms with Gasteiger partial charge in [-0.3, -0.25) is 9.52 Å². The van der Waals surface area contributed by atoms with Crippen molar-refractivity contribution in [3.63, 3.8) is 0 Å². The Balaban J connectivity index is 1.60. The predicted octanol–water partition coefficient (Wildman–Crippen LogP) is 5.32. The normalized spacial score (nSPS) is 23.0. The molecule has 0 saturated heterocycles. The molecular weight excluding hydrogens is 629 g/mol. The maximum absolute atomic E-state index is 14.3. The van der Waals surface area contributed by atoms with Gasteiger partial charge in [-0.05, 0) is 75.6 Å². The Bertz CT molecular complexity index is 1380. The summed E-state index contributed by atoms with van der Waals surface area (Å²) in [6.07, 6.45) is 7.25. The maximum atomic E-state index is 14.3. The number of thiophene rings is 1. The molecule has 3 N–H and O–H groups in total. The van der Waals surface area contributed by atoms with Crippen molar-refractivity contribution in [2.24, 2.45) is 5.92 Å². The van der Waals surface area contributed by atoms with Crippen LogP contribution in [-0.4, -0.2) is 92.9 Å². The summed E-state index contributed by atoms with van der Waals surface area (Å²) in [4.78, 5) is 30.7. The number of sulfonamides is 1. The van der Waals surface area contributed by atoms with Gasteiger partial charge in [-0.25, -0.2) is 13.2 Å². The maximum Gasteiger partial charge on any atom is 0.317 e. The number of fused-ring (bicyclic) bond motifs is 1. The fourth-order valence-corrected chi connectivity index (χ4v) is 8.00. The Morgan fingerprint density at radius 2 is 1.87 bits per heavy atom. The van der Waals surface area contributed by atoms with Crippen LogP contribution in [-0.2, 0) is 14.8 Å². The SMILES string of the molecule is C[C@@H]1CCCCO[C@@H](CN(C)C(=O)NC2CCCCC2)[C@@H](C)CN([C@H](C)CO)C(=O)c2cc(NS(=O)(=O)c3cccs3)ccc2O1. The molecular formula is C33H50N4O7S2. The lowest BCUT2D eigenvalue weighted by atomic mass is 9.96. The number of hydrogen-bond acceptors (Lipinski definition) is 8. The molecule has 256 valence electrons. The molecule has 1 aliphatic carbocycles. The molecule has 2 aromatic rings. The van der Waals surface area contributed by atoms with Gasteiger partial charge in [0.2, 0.25) is 0 Å². The van der Waals surface area contributed by atoms with E-state index in [1.54, 1.807) is 47.4 Å². The van der Waals surface area contributed by atoms with Crippen LogP contribution in [0.5, 0.6) is 5.75 Å². The standard InChI is InChI=1S/C33H50N4O7S2/c1-23-20-37(24(2)22-38)32(39)28-19-27(35-46(41,42)31-14-10-18-45-31)15-16-29(28)44-25(3)11-8-9-17-43-30(23)21-36(4)33(40)34-26-12-6-5-7-13-26/h10,14-16,18-19,23-26,30,35,38H,5-9,11-13,17,20-22H2,1-4H3,(H,34,40)/t23-,24+,25+,30-/m0/s1. The number of urea groups is 1. The first kappa shape index (κ1) is 36.0. The van der Waals surface area contributed by atoms with Gasteiger partial charge < -0.3 is 29.7 Å². The van der Waals surface area contributed by atoms with Gasteiger partial charge in [0.25, 0.3) is 15.9 Å². The second-order valence-electron chi connectivity index (χ2n) is 12.7. The Kier molecular flexibility index (Phi) is 13.1. The molecule has 1 aromatic carbocycles. The number of aliphatic hydroxyl groups excluding tert-OH is 1. The lowest BCUT2D eigenvalue weighted by molar-refractivity contribution is -0.0123. The van der Waals surface area contributed by atoms with E-state index in [2.05, 4.69) is 10.0 Å². The number of amides is 3. The van der Waals surface area contributed by atoms with Gasteiger partial charge in [-0.2, -0.15) is 0 Å². The van der Waals surface area contributed by atoms with E-state index in [9.17, 15) is 23.1 Å². The third-order valence-electron chi connectivity index (χ3n) is 8.80. The van der Waals surface area contributed by atoms with E-state index in [0.29, 0.717) is 18.9 Å². The van der Waals surface area contributed by atoms with Crippen molar-refractivity contribution in [1.29, 1.82) is 0 Å². The summed E-state index contributed by atoms with van der Waals surface area (Å²) < 4.78 is 41.3. The van der Waals surface area contributed by atoms with Gasteiger partial charge >= 0.3 is 6.03 Å². The van der Waals surface area contributed by atoms with Gasteiger partial charge in [-0.1, -0.05) is 32.3 Å². The first-order valence-electron chi connectivity index (χ1n) is 16.4. The molecule has 0 radical (unpaired) electrons. The van der Waals surface area contributed by atoms with Crippen LogP contribution >= 0.6 is 11.3 Å². The Hall–Kier alpha value is -2.87. The number of ether oxygens (including phenoxy) is 2. The van der Waals surface area contributed by atoms with E-state index in [0.717, 1.165) is 56.3 Å². The number of likely N-dealkylation sites (N-methyl/N-ethyl adjacent to an activating group) is 1. The molecule has 46 heavy (non-hydrogen) atoms. The van der Waals surface area contributed by atoms with Gasteiger partial charge in [0.15, 0.2) is 0 Å². The first-order chi connectivity index (χ1) is 22.0. The van der Waals surface area contributed by atoms with Crippen LogP contribution in [0.25, 0.3) is 0 Å². The zero-order valence-corrected chi connectivity index (χ0v) is 29.1. The molecule has 0 spiro atoms. The molecule has 3 amide bonds. The monoisotopic (exact) mass is 678 g/mol. The second kappa shape index (κ2) is 16.8. The summed E-state index contributed by atoms with van der Waals surface area (Å²) in [7, 11) is -2.07. The van der Waals surface area contributed by atoms with Crippen molar-refractivity contribution in [1.82, 2.24) is 15.1 Å². The molecule has 2 aliphatic rings. The van der Waals surface area contributed by atoms with Crippen molar-refractivity contribution < 1.29 is 32.6 Å². The minimum atomic E-state index is -3.84. The summed E-state index contributed by atoms with van der Waals surface area (Å²) in [5.41, 5.74) is 0.429. The third kappa shape index (κ3) is 9.82. The van der Waals surface area contributed by atoms with Crippen LogP contribution < -0.4 is 14.8 Å². The summed E-state index contributed by atoms with van der Waals surface area (Å²) >= 11 is 1.10. The number of nitrogens with one attached hydrogen (secondary N) is 2. The van der Waals surface area contributed by atoms with Crippen LogP contribution in [0.2, 0.25) is 0 Å². The molecule has 4 atom stereocenters. The number of carbonyl (C=O) groups excluding carboxylic acids is 2. The molecule has 1 fully saturated rings. The summed E-state index contributed by atoms with van der Waals surface area (Å²) in [6.45, 7) is 6.51. The molecule has 11 nitrogen and oxygen atoms in total. The fraction of sp³-hybridized carbons (Fsp3) is 0.636. The van der Waals surface area contributed by atoms with Crippen LogP contribution in [0.4, 0.5) is 10.5 Å². The van der Waals surface area contributed by atoms with E-state index < -0.39 is 22.0 Å². The average Bonchev–Trinajstić information content (AvgIpc) is 3.59. The highest BCUT2D eigenvalue weighted by molar-refractivity contribution is 7.94.